The predicted molar refractivity (Wildman–Crippen MR) is 75.9 cm³/mol. The minimum absolute atomic E-state index is 0.299. The van der Waals surface area contributed by atoms with Gasteiger partial charge in [-0.3, -0.25) is 0 Å². The fourth-order valence-corrected chi connectivity index (χ4v) is 2.75. The molecule has 3 unspecified atom stereocenters. The van der Waals surface area contributed by atoms with Gasteiger partial charge >= 0.3 is 0 Å². The average Bonchev–Trinajstić information content (AvgIpc) is 2.36. The summed E-state index contributed by atoms with van der Waals surface area (Å²) in [6, 6.07) is 0.539. The van der Waals surface area contributed by atoms with Crippen molar-refractivity contribution in [2.24, 2.45) is 5.92 Å². The molecule has 18 heavy (non-hydrogen) atoms. The number of likely N-dealkylation sites (N-methyl/N-ethyl adjacent to an activating group) is 1. The standard InChI is InChI=1S/C15H31NO2/c1-5-13-7-8-14(16-6-2)15(11-13)18-10-9-17-12(3)4/h12-16H,5-11H2,1-4H3. The van der Waals surface area contributed by atoms with Crippen molar-refractivity contribution in [3.8, 4) is 0 Å². The van der Waals surface area contributed by atoms with E-state index >= 15 is 0 Å². The maximum Gasteiger partial charge on any atom is 0.0731 e. The van der Waals surface area contributed by atoms with Crippen molar-refractivity contribution < 1.29 is 9.47 Å². The van der Waals surface area contributed by atoms with E-state index in [4.69, 9.17) is 9.47 Å². The molecule has 0 radical (unpaired) electrons. The Kier molecular flexibility index (Phi) is 7.87. The normalized spacial score (nSPS) is 28.8. The second kappa shape index (κ2) is 8.89. The molecular formula is C15H31NO2. The Morgan fingerprint density at radius 3 is 2.56 bits per heavy atom. The van der Waals surface area contributed by atoms with Crippen LogP contribution in [0.5, 0.6) is 0 Å². The van der Waals surface area contributed by atoms with Gasteiger partial charge in [0.25, 0.3) is 0 Å². The molecule has 1 saturated carbocycles. The quantitative estimate of drug-likeness (QED) is 0.678. The van der Waals surface area contributed by atoms with Crippen molar-refractivity contribution >= 4 is 0 Å². The fraction of sp³-hybridized carbons (Fsp3) is 1.00. The number of hydrogen-bond acceptors (Lipinski definition) is 3. The van der Waals surface area contributed by atoms with Crippen molar-refractivity contribution in [3.63, 3.8) is 0 Å². The van der Waals surface area contributed by atoms with Crippen molar-refractivity contribution in [2.45, 2.75) is 71.6 Å². The van der Waals surface area contributed by atoms with E-state index in [-0.39, 0.29) is 0 Å². The van der Waals surface area contributed by atoms with E-state index < -0.39 is 0 Å². The van der Waals surface area contributed by atoms with Crippen molar-refractivity contribution in [1.82, 2.24) is 5.32 Å². The van der Waals surface area contributed by atoms with E-state index in [9.17, 15) is 0 Å². The first-order valence-corrected chi connectivity index (χ1v) is 7.63. The molecule has 0 aliphatic heterocycles. The van der Waals surface area contributed by atoms with Gasteiger partial charge in [0.2, 0.25) is 0 Å². The van der Waals surface area contributed by atoms with E-state index in [1.54, 1.807) is 0 Å². The summed E-state index contributed by atoms with van der Waals surface area (Å²) in [4.78, 5) is 0. The van der Waals surface area contributed by atoms with Crippen LogP contribution in [0.25, 0.3) is 0 Å². The van der Waals surface area contributed by atoms with E-state index in [1.807, 2.05) is 0 Å². The van der Waals surface area contributed by atoms with Gasteiger partial charge in [0.05, 0.1) is 25.4 Å². The molecule has 0 aromatic heterocycles. The van der Waals surface area contributed by atoms with Gasteiger partial charge in [-0.25, -0.2) is 0 Å². The first-order valence-electron chi connectivity index (χ1n) is 7.63. The molecule has 1 fully saturated rings. The molecule has 0 spiro atoms. The predicted octanol–water partition coefficient (Wildman–Crippen LogP) is 2.98. The summed E-state index contributed by atoms with van der Waals surface area (Å²) in [5.41, 5.74) is 0. The highest BCUT2D eigenvalue weighted by Crippen LogP contribution is 2.28. The first kappa shape index (κ1) is 15.9. The maximum absolute atomic E-state index is 6.04. The zero-order valence-electron chi connectivity index (χ0n) is 12.6. The number of nitrogens with one attached hydrogen (secondary N) is 1. The number of ether oxygens (including phenoxy) is 2. The monoisotopic (exact) mass is 257 g/mol. The van der Waals surface area contributed by atoms with Crippen LogP contribution in [0.15, 0.2) is 0 Å². The van der Waals surface area contributed by atoms with Crippen molar-refractivity contribution in [2.75, 3.05) is 19.8 Å². The molecule has 1 N–H and O–H groups in total. The molecule has 0 bridgehead atoms. The summed E-state index contributed by atoms with van der Waals surface area (Å²) in [5, 5.41) is 3.56. The summed E-state index contributed by atoms with van der Waals surface area (Å²) in [6.07, 6.45) is 5.75. The lowest BCUT2D eigenvalue weighted by atomic mass is 9.82. The molecule has 1 aliphatic rings. The molecule has 0 aromatic carbocycles. The fourth-order valence-electron chi connectivity index (χ4n) is 2.75. The van der Waals surface area contributed by atoms with Gasteiger partial charge < -0.3 is 14.8 Å². The van der Waals surface area contributed by atoms with E-state index in [1.165, 1.54) is 25.7 Å². The molecule has 1 rings (SSSR count). The van der Waals surface area contributed by atoms with Crippen molar-refractivity contribution in [1.29, 1.82) is 0 Å². The first-order chi connectivity index (χ1) is 8.67. The molecular weight excluding hydrogens is 226 g/mol. The van der Waals surface area contributed by atoms with Crippen LogP contribution < -0.4 is 5.32 Å². The Bertz CT molecular complexity index is 209. The van der Waals surface area contributed by atoms with Crippen LogP contribution in [-0.4, -0.2) is 38.0 Å². The van der Waals surface area contributed by atoms with E-state index in [0.29, 0.717) is 24.9 Å². The highest BCUT2D eigenvalue weighted by atomic mass is 16.5. The minimum Gasteiger partial charge on any atom is -0.376 e. The van der Waals surface area contributed by atoms with Crippen LogP contribution in [0, 0.1) is 5.92 Å². The molecule has 0 aromatic rings. The summed E-state index contributed by atoms with van der Waals surface area (Å²) in [5.74, 6) is 0.843. The van der Waals surface area contributed by atoms with Crippen LogP contribution >= 0.6 is 0 Å². The van der Waals surface area contributed by atoms with E-state index in [2.05, 4.69) is 33.0 Å². The summed E-state index contributed by atoms with van der Waals surface area (Å²) < 4.78 is 11.6. The third-order valence-electron chi connectivity index (χ3n) is 3.81. The zero-order chi connectivity index (χ0) is 13.4. The topological polar surface area (TPSA) is 30.5 Å². The number of hydrogen-bond donors (Lipinski definition) is 1. The molecule has 108 valence electrons. The summed E-state index contributed by atoms with van der Waals surface area (Å²) >= 11 is 0. The van der Waals surface area contributed by atoms with Crippen LogP contribution in [0.3, 0.4) is 0 Å². The molecule has 3 heteroatoms. The van der Waals surface area contributed by atoms with Gasteiger partial charge in [0.1, 0.15) is 0 Å². The Hall–Kier alpha value is -0.120. The summed E-state index contributed by atoms with van der Waals surface area (Å²) in [7, 11) is 0. The van der Waals surface area contributed by atoms with Crippen LogP contribution in [0.1, 0.15) is 53.4 Å². The van der Waals surface area contributed by atoms with Crippen LogP contribution in [-0.2, 0) is 9.47 Å². The molecule has 3 atom stereocenters. The molecule has 3 nitrogen and oxygen atoms in total. The zero-order valence-corrected chi connectivity index (χ0v) is 12.6. The van der Waals surface area contributed by atoms with Gasteiger partial charge in [-0.05, 0) is 45.6 Å². The smallest absolute Gasteiger partial charge is 0.0731 e. The van der Waals surface area contributed by atoms with Crippen LogP contribution in [0.2, 0.25) is 0 Å². The second-order valence-corrected chi connectivity index (χ2v) is 5.58. The van der Waals surface area contributed by atoms with Gasteiger partial charge in [-0.1, -0.05) is 20.3 Å². The van der Waals surface area contributed by atoms with Gasteiger partial charge in [0.15, 0.2) is 0 Å². The third kappa shape index (κ3) is 5.68. The third-order valence-corrected chi connectivity index (χ3v) is 3.81. The highest BCUT2D eigenvalue weighted by molar-refractivity contribution is 4.85. The maximum atomic E-state index is 6.04. The van der Waals surface area contributed by atoms with Gasteiger partial charge in [-0.15, -0.1) is 0 Å². The molecule has 0 heterocycles. The van der Waals surface area contributed by atoms with Gasteiger partial charge in [-0.2, -0.15) is 0 Å². The minimum atomic E-state index is 0.299. The van der Waals surface area contributed by atoms with Crippen LogP contribution in [0.4, 0.5) is 0 Å². The summed E-state index contributed by atoms with van der Waals surface area (Å²) in [6.45, 7) is 11.1. The Labute approximate surface area is 113 Å². The lowest BCUT2D eigenvalue weighted by Crippen LogP contribution is -2.45. The highest BCUT2D eigenvalue weighted by Gasteiger charge is 2.29. The lowest BCUT2D eigenvalue weighted by molar-refractivity contribution is -0.0453. The average molecular weight is 257 g/mol. The number of rotatable bonds is 8. The van der Waals surface area contributed by atoms with Gasteiger partial charge in [0, 0.05) is 6.04 Å². The Morgan fingerprint density at radius 1 is 1.17 bits per heavy atom. The SMILES string of the molecule is CCNC1CCC(CC)CC1OCCOC(C)C. The molecule has 0 amide bonds. The molecule has 0 saturated heterocycles. The second-order valence-electron chi connectivity index (χ2n) is 5.58. The lowest BCUT2D eigenvalue weighted by Gasteiger charge is -2.36. The molecule has 1 aliphatic carbocycles. The van der Waals surface area contributed by atoms with Crippen molar-refractivity contribution in [3.05, 3.63) is 0 Å². The Morgan fingerprint density at radius 2 is 1.94 bits per heavy atom. The van der Waals surface area contributed by atoms with E-state index in [0.717, 1.165) is 19.1 Å². The Balaban J connectivity index is 2.31. The largest absolute Gasteiger partial charge is 0.376 e.